The van der Waals surface area contributed by atoms with E-state index in [-0.39, 0.29) is 11.7 Å². The van der Waals surface area contributed by atoms with Crippen LogP contribution >= 0.6 is 0 Å². The van der Waals surface area contributed by atoms with Crippen molar-refractivity contribution in [3.63, 3.8) is 0 Å². The molecular weight excluding hydrogens is 174 g/mol. The SMILES string of the molecule is CC(=N)N.O=C1CCC(C(=O)O)N1. The highest BCUT2D eigenvalue weighted by Crippen LogP contribution is 2.05. The van der Waals surface area contributed by atoms with Crippen molar-refractivity contribution in [2.24, 2.45) is 5.73 Å². The second-order valence-corrected chi connectivity index (χ2v) is 2.68. The summed E-state index contributed by atoms with van der Waals surface area (Å²) in [6, 6.07) is -0.641. The van der Waals surface area contributed by atoms with Gasteiger partial charge in [-0.3, -0.25) is 10.2 Å². The van der Waals surface area contributed by atoms with Crippen LogP contribution in [0, 0.1) is 5.41 Å². The summed E-state index contributed by atoms with van der Waals surface area (Å²) in [7, 11) is 0. The zero-order valence-electron chi connectivity index (χ0n) is 7.33. The van der Waals surface area contributed by atoms with Gasteiger partial charge in [0, 0.05) is 6.42 Å². The second kappa shape index (κ2) is 5.13. The van der Waals surface area contributed by atoms with Gasteiger partial charge in [0.15, 0.2) is 0 Å². The van der Waals surface area contributed by atoms with Crippen LogP contribution in [0.25, 0.3) is 0 Å². The predicted octanol–water partition coefficient (Wildman–Crippen LogP) is -0.708. The molecule has 1 aliphatic heterocycles. The van der Waals surface area contributed by atoms with Gasteiger partial charge in [0.2, 0.25) is 5.91 Å². The van der Waals surface area contributed by atoms with E-state index < -0.39 is 12.0 Å². The Morgan fingerprint density at radius 3 is 2.38 bits per heavy atom. The van der Waals surface area contributed by atoms with Crippen LogP contribution in [0.2, 0.25) is 0 Å². The normalized spacial score (nSPS) is 19.8. The number of carbonyl (C=O) groups is 2. The Balaban J connectivity index is 0.000000310. The average Bonchev–Trinajstić information content (AvgIpc) is 2.34. The number of amidine groups is 1. The fraction of sp³-hybridized carbons (Fsp3) is 0.571. The molecule has 0 aromatic rings. The van der Waals surface area contributed by atoms with Crippen molar-refractivity contribution in [3.05, 3.63) is 0 Å². The van der Waals surface area contributed by atoms with Crippen LogP contribution in [0.15, 0.2) is 0 Å². The summed E-state index contributed by atoms with van der Waals surface area (Å²) < 4.78 is 0. The molecule has 13 heavy (non-hydrogen) atoms. The molecule has 1 saturated heterocycles. The first-order chi connectivity index (χ1) is 5.93. The lowest BCUT2D eigenvalue weighted by Gasteiger charge is -1.99. The maximum absolute atomic E-state index is 10.4. The minimum absolute atomic E-state index is 0.164. The van der Waals surface area contributed by atoms with E-state index in [0.29, 0.717) is 12.8 Å². The van der Waals surface area contributed by atoms with Crippen LogP contribution < -0.4 is 11.1 Å². The Labute approximate surface area is 75.6 Å². The summed E-state index contributed by atoms with van der Waals surface area (Å²) in [6.45, 7) is 1.53. The maximum atomic E-state index is 10.4. The number of aliphatic carboxylic acids is 1. The second-order valence-electron chi connectivity index (χ2n) is 2.68. The van der Waals surface area contributed by atoms with E-state index in [2.05, 4.69) is 5.32 Å². The Morgan fingerprint density at radius 2 is 2.23 bits per heavy atom. The van der Waals surface area contributed by atoms with Gasteiger partial charge in [-0.15, -0.1) is 0 Å². The number of carboxylic acids is 1. The smallest absolute Gasteiger partial charge is 0.326 e. The first-order valence-electron chi connectivity index (χ1n) is 3.76. The lowest BCUT2D eigenvalue weighted by Crippen LogP contribution is -2.32. The van der Waals surface area contributed by atoms with E-state index in [0.717, 1.165) is 0 Å². The van der Waals surface area contributed by atoms with Crippen molar-refractivity contribution in [1.29, 1.82) is 5.41 Å². The molecule has 1 heterocycles. The number of nitrogens with one attached hydrogen (secondary N) is 2. The largest absolute Gasteiger partial charge is 0.480 e. The van der Waals surface area contributed by atoms with Crippen molar-refractivity contribution in [1.82, 2.24) is 5.32 Å². The Hall–Kier alpha value is -1.59. The maximum Gasteiger partial charge on any atom is 0.326 e. The molecule has 0 aromatic heterocycles. The number of hydrogen-bond donors (Lipinski definition) is 4. The number of hydrogen-bond acceptors (Lipinski definition) is 3. The number of rotatable bonds is 1. The van der Waals surface area contributed by atoms with E-state index in [1.165, 1.54) is 6.92 Å². The van der Waals surface area contributed by atoms with Crippen LogP contribution in [-0.4, -0.2) is 28.9 Å². The summed E-state index contributed by atoms with van der Waals surface area (Å²) in [6.07, 6.45) is 0.769. The lowest BCUT2D eigenvalue weighted by molar-refractivity contribution is -0.140. The highest BCUT2D eigenvalue weighted by Gasteiger charge is 2.26. The molecule has 0 radical (unpaired) electrons. The van der Waals surface area contributed by atoms with Crippen molar-refractivity contribution in [3.8, 4) is 0 Å². The summed E-state index contributed by atoms with van der Waals surface area (Å²) >= 11 is 0. The van der Waals surface area contributed by atoms with Crippen LogP contribution in [0.4, 0.5) is 0 Å². The fourth-order valence-electron chi connectivity index (χ4n) is 0.799. The van der Waals surface area contributed by atoms with Crippen LogP contribution in [0.5, 0.6) is 0 Å². The lowest BCUT2D eigenvalue weighted by atomic mass is 10.2. The third-order valence-electron chi connectivity index (χ3n) is 1.29. The molecule has 1 atom stereocenters. The highest BCUT2D eigenvalue weighted by atomic mass is 16.4. The highest BCUT2D eigenvalue weighted by molar-refractivity contribution is 5.87. The fourth-order valence-corrected chi connectivity index (χ4v) is 0.799. The number of carboxylic acid groups (broad SMARTS) is 1. The monoisotopic (exact) mass is 187 g/mol. The van der Waals surface area contributed by atoms with Crippen LogP contribution in [0.1, 0.15) is 19.8 Å². The van der Waals surface area contributed by atoms with Crippen molar-refractivity contribution in [2.45, 2.75) is 25.8 Å². The average molecular weight is 187 g/mol. The third kappa shape index (κ3) is 5.66. The van der Waals surface area contributed by atoms with Crippen molar-refractivity contribution >= 4 is 17.7 Å². The minimum atomic E-state index is -0.944. The number of carbonyl (C=O) groups excluding carboxylic acids is 1. The third-order valence-corrected chi connectivity index (χ3v) is 1.29. The molecule has 0 saturated carbocycles. The number of amides is 1. The molecule has 1 fully saturated rings. The van der Waals surface area contributed by atoms with Gasteiger partial charge in [0.05, 0.1) is 5.84 Å². The molecule has 5 N–H and O–H groups in total. The Morgan fingerprint density at radius 1 is 1.77 bits per heavy atom. The molecular formula is C7H13N3O3. The van der Waals surface area contributed by atoms with Crippen LogP contribution in [-0.2, 0) is 9.59 Å². The van der Waals surface area contributed by atoms with Gasteiger partial charge in [0.25, 0.3) is 0 Å². The molecule has 74 valence electrons. The Kier molecular flexibility index (Phi) is 4.50. The van der Waals surface area contributed by atoms with Gasteiger partial charge < -0.3 is 16.2 Å². The first kappa shape index (κ1) is 11.4. The molecule has 0 aromatic carbocycles. The zero-order chi connectivity index (χ0) is 10.4. The van der Waals surface area contributed by atoms with Crippen LogP contribution in [0.3, 0.4) is 0 Å². The molecule has 1 amide bonds. The van der Waals surface area contributed by atoms with E-state index in [1.54, 1.807) is 0 Å². The summed E-state index contributed by atoms with van der Waals surface area (Å²) in [5.74, 6) is -0.941. The zero-order valence-corrected chi connectivity index (χ0v) is 7.33. The van der Waals surface area contributed by atoms with E-state index in [1.807, 2.05) is 0 Å². The molecule has 6 nitrogen and oxygen atoms in total. The van der Waals surface area contributed by atoms with E-state index in [9.17, 15) is 9.59 Å². The minimum Gasteiger partial charge on any atom is -0.480 e. The van der Waals surface area contributed by atoms with E-state index in [4.69, 9.17) is 16.2 Å². The van der Waals surface area contributed by atoms with Gasteiger partial charge in [0.1, 0.15) is 6.04 Å². The van der Waals surface area contributed by atoms with Gasteiger partial charge >= 0.3 is 5.97 Å². The van der Waals surface area contributed by atoms with Gasteiger partial charge in [-0.05, 0) is 13.3 Å². The van der Waals surface area contributed by atoms with Crippen molar-refractivity contribution < 1.29 is 14.7 Å². The molecule has 1 unspecified atom stereocenters. The summed E-state index contributed by atoms with van der Waals surface area (Å²) in [4.78, 5) is 20.5. The molecule has 0 aliphatic carbocycles. The number of nitrogens with two attached hydrogens (primary N) is 1. The van der Waals surface area contributed by atoms with Crippen molar-refractivity contribution in [2.75, 3.05) is 0 Å². The van der Waals surface area contributed by atoms with Gasteiger partial charge in [-0.2, -0.15) is 0 Å². The topological polar surface area (TPSA) is 116 Å². The molecule has 6 heteroatoms. The van der Waals surface area contributed by atoms with Gasteiger partial charge in [-0.1, -0.05) is 0 Å². The van der Waals surface area contributed by atoms with E-state index >= 15 is 0 Å². The standard InChI is InChI=1S/C5H7NO3.C2H6N2/c7-4-2-1-3(6-4)5(8)9;1-2(3)4/h3H,1-2H2,(H,6,7)(H,8,9);1H3,(H3,3,4). The Bertz CT molecular complexity index is 223. The molecule has 0 bridgehead atoms. The summed E-state index contributed by atoms with van der Waals surface area (Å²) in [5.41, 5.74) is 4.69. The molecule has 1 aliphatic rings. The van der Waals surface area contributed by atoms with Gasteiger partial charge in [-0.25, -0.2) is 4.79 Å². The summed E-state index contributed by atoms with van der Waals surface area (Å²) in [5, 5.41) is 16.9. The molecule has 1 rings (SSSR count). The quantitative estimate of drug-likeness (QED) is 0.320. The molecule has 0 spiro atoms. The predicted molar refractivity (Wildman–Crippen MR) is 46.4 cm³/mol. The first-order valence-corrected chi connectivity index (χ1v) is 3.76.